The molecule has 0 aromatic carbocycles. The van der Waals surface area contributed by atoms with E-state index in [2.05, 4.69) is 10.6 Å². The minimum atomic E-state index is -0.933. The summed E-state index contributed by atoms with van der Waals surface area (Å²) in [5.74, 6) is 0. The Morgan fingerprint density at radius 3 is 1.59 bits per heavy atom. The van der Waals surface area contributed by atoms with Crippen LogP contribution in [0.25, 0.3) is 0 Å². The van der Waals surface area contributed by atoms with Gasteiger partial charge in [0.25, 0.3) is 0 Å². The molecule has 0 aromatic rings. The number of carbonyl (C=O) groups excluding carboxylic acids is 1. The first kappa shape index (κ1) is 20.5. The second kappa shape index (κ2) is 15.9. The second-order valence-corrected chi connectivity index (χ2v) is 5.41. The first-order chi connectivity index (χ1) is 10.7. The van der Waals surface area contributed by atoms with E-state index < -0.39 is 6.09 Å². The van der Waals surface area contributed by atoms with Gasteiger partial charge in [0.15, 0.2) is 0 Å². The number of unbranched alkanes of at least 4 members (excludes halogenated alkanes) is 9. The molecule has 0 saturated carbocycles. The van der Waals surface area contributed by atoms with Crippen LogP contribution in [0.3, 0.4) is 0 Å². The highest BCUT2D eigenvalue weighted by molar-refractivity contribution is 5.66. The van der Waals surface area contributed by atoms with Gasteiger partial charge in [0.1, 0.15) is 0 Å². The van der Waals surface area contributed by atoms with Gasteiger partial charge < -0.3 is 20.5 Å². The summed E-state index contributed by atoms with van der Waals surface area (Å²) in [5.41, 5.74) is 0. The SMILES string of the molecule is CCOC(=O)NCCCCCCCCCCCCNC(=O)O. The van der Waals surface area contributed by atoms with E-state index in [1.807, 2.05) is 0 Å². The van der Waals surface area contributed by atoms with Gasteiger partial charge in [-0.1, -0.05) is 51.4 Å². The molecule has 0 rings (SSSR count). The van der Waals surface area contributed by atoms with Gasteiger partial charge in [-0.25, -0.2) is 9.59 Å². The summed E-state index contributed by atoms with van der Waals surface area (Å²) in [6, 6.07) is 0. The lowest BCUT2D eigenvalue weighted by Gasteiger charge is -2.05. The molecule has 0 fully saturated rings. The Bertz CT molecular complexity index is 285. The Balaban J connectivity index is 3.05. The van der Waals surface area contributed by atoms with E-state index >= 15 is 0 Å². The minimum absolute atomic E-state index is 0.318. The summed E-state index contributed by atoms with van der Waals surface area (Å²) in [5, 5.41) is 13.5. The van der Waals surface area contributed by atoms with Gasteiger partial charge in [0.05, 0.1) is 6.61 Å². The molecule has 0 aliphatic carbocycles. The van der Waals surface area contributed by atoms with Crippen LogP contribution in [0.1, 0.15) is 71.1 Å². The summed E-state index contributed by atoms with van der Waals surface area (Å²) >= 11 is 0. The van der Waals surface area contributed by atoms with Gasteiger partial charge in [-0.15, -0.1) is 0 Å². The smallest absolute Gasteiger partial charge is 0.407 e. The van der Waals surface area contributed by atoms with Gasteiger partial charge in [-0.3, -0.25) is 0 Å². The third kappa shape index (κ3) is 16.6. The Morgan fingerprint density at radius 1 is 0.773 bits per heavy atom. The van der Waals surface area contributed by atoms with Crippen LogP contribution in [0, 0.1) is 0 Å². The first-order valence-corrected chi connectivity index (χ1v) is 8.54. The largest absolute Gasteiger partial charge is 0.465 e. The van der Waals surface area contributed by atoms with Gasteiger partial charge in [0.2, 0.25) is 0 Å². The molecule has 6 heteroatoms. The highest BCUT2D eigenvalue weighted by Gasteiger charge is 1.98. The third-order valence-electron chi connectivity index (χ3n) is 3.42. The molecule has 3 N–H and O–H groups in total. The van der Waals surface area contributed by atoms with Gasteiger partial charge in [-0.05, 0) is 19.8 Å². The highest BCUT2D eigenvalue weighted by atomic mass is 16.5. The van der Waals surface area contributed by atoms with Crippen molar-refractivity contribution in [3.8, 4) is 0 Å². The normalized spacial score (nSPS) is 10.2. The zero-order chi connectivity index (χ0) is 16.5. The molecule has 0 atom stereocenters. The fourth-order valence-electron chi connectivity index (χ4n) is 2.23. The lowest BCUT2D eigenvalue weighted by molar-refractivity contribution is 0.152. The number of rotatable bonds is 14. The van der Waals surface area contributed by atoms with Crippen LogP contribution < -0.4 is 10.6 Å². The van der Waals surface area contributed by atoms with E-state index in [4.69, 9.17) is 9.84 Å². The molecule has 22 heavy (non-hydrogen) atoms. The number of ether oxygens (including phenoxy) is 1. The minimum Gasteiger partial charge on any atom is -0.465 e. The first-order valence-electron chi connectivity index (χ1n) is 8.54. The molecule has 2 amide bonds. The van der Waals surface area contributed by atoms with Crippen molar-refractivity contribution in [1.29, 1.82) is 0 Å². The van der Waals surface area contributed by atoms with Crippen LogP contribution in [-0.4, -0.2) is 37.0 Å². The van der Waals surface area contributed by atoms with Gasteiger partial charge in [-0.2, -0.15) is 0 Å². The highest BCUT2D eigenvalue weighted by Crippen LogP contribution is 2.10. The fourth-order valence-corrected chi connectivity index (χ4v) is 2.23. The predicted molar refractivity (Wildman–Crippen MR) is 87.2 cm³/mol. The Morgan fingerprint density at radius 2 is 1.18 bits per heavy atom. The summed E-state index contributed by atoms with van der Waals surface area (Å²) in [6.07, 6.45) is 10.3. The molecule has 0 radical (unpaired) electrons. The van der Waals surface area contributed by atoms with E-state index in [0.29, 0.717) is 19.7 Å². The maximum Gasteiger partial charge on any atom is 0.407 e. The molecule has 0 spiro atoms. The van der Waals surface area contributed by atoms with Crippen molar-refractivity contribution >= 4 is 12.2 Å². The van der Waals surface area contributed by atoms with Crippen LogP contribution in [0.15, 0.2) is 0 Å². The van der Waals surface area contributed by atoms with E-state index in [1.165, 1.54) is 38.5 Å². The number of alkyl carbamates (subject to hydrolysis) is 1. The molecule has 0 bridgehead atoms. The molecule has 130 valence electrons. The second-order valence-electron chi connectivity index (χ2n) is 5.41. The quantitative estimate of drug-likeness (QED) is 0.424. The van der Waals surface area contributed by atoms with Crippen LogP contribution in [0.4, 0.5) is 9.59 Å². The predicted octanol–water partition coefficient (Wildman–Crippen LogP) is 3.90. The molecule has 6 nitrogen and oxygen atoms in total. The van der Waals surface area contributed by atoms with Crippen LogP contribution in [0.2, 0.25) is 0 Å². The van der Waals surface area contributed by atoms with Crippen molar-refractivity contribution in [3.63, 3.8) is 0 Å². The third-order valence-corrected chi connectivity index (χ3v) is 3.42. The van der Waals surface area contributed by atoms with E-state index in [9.17, 15) is 9.59 Å². The lowest BCUT2D eigenvalue weighted by atomic mass is 10.1. The molecule has 0 saturated heterocycles. The molecule has 0 unspecified atom stereocenters. The standard InChI is InChI=1S/C16H32N2O4/c1-2-22-16(21)18-14-12-10-8-6-4-3-5-7-9-11-13-17-15(19)20/h17H,2-14H2,1H3,(H,18,21)(H,19,20). The van der Waals surface area contributed by atoms with Gasteiger partial charge in [0, 0.05) is 13.1 Å². The number of carboxylic acid groups (broad SMARTS) is 1. The van der Waals surface area contributed by atoms with Crippen molar-refractivity contribution < 1.29 is 19.4 Å². The molecule has 0 aliphatic heterocycles. The van der Waals surface area contributed by atoms with Crippen molar-refractivity contribution in [3.05, 3.63) is 0 Å². The Kier molecular flexibility index (Phi) is 14.9. The zero-order valence-electron chi connectivity index (χ0n) is 13.9. The maximum absolute atomic E-state index is 11.0. The Labute approximate surface area is 134 Å². The molecule has 0 heterocycles. The lowest BCUT2D eigenvalue weighted by Crippen LogP contribution is -2.25. The van der Waals surface area contributed by atoms with Crippen LogP contribution in [0.5, 0.6) is 0 Å². The van der Waals surface area contributed by atoms with Crippen LogP contribution in [-0.2, 0) is 4.74 Å². The van der Waals surface area contributed by atoms with Crippen molar-refractivity contribution in [1.82, 2.24) is 10.6 Å². The molecular formula is C16H32N2O4. The summed E-state index contributed by atoms with van der Waals surface area (Å²) in [7, 11) is 0. The van der Waals surface area contributed by atoms with Crippen molar-refractivity contribution in [2.75, 3.05) is 19.7 Å². The molecular weight excluding hydrogens is 284 g/mol. The number of hydrogen-bond donors (Lipinski definition) is 3. The van der Waals surface area contributed by atoms with Crippen molar-refractivity contribution in [2.24, 2.45) is 0 Å². The van der Waals surface area contributed by atoms with Crippen molar-refractivity contribution in [2.45, 2.75) is 71.1 Å². The summed E-state index contributed by atoms with van der Waals surface area (Å²) in [6.45, 7) is 3.48. The number of amides is 2. The molecule has 0 aliphatic rings. The fraction of sp³-hybridized carbons (Fsp3) is 0.875. The average molecular weight is 316 g/mol. The topological polar surface area (TPSA) is 87.7 Å². The number of nitrogens with one attached hydrogen (secondary N) is 2. The van der Waals surface area contributed by atoms with E-state index in [1.54, 1.807) is 6.92 Å². The summed E-state index contributed by atoms with van der Waals surface area (Å²) < 4.78 is 4.78. The number of carbonyl (C=O) groups is 2. The Hall–Kier alpha value is -1.46. The zero-order valence-corrected chi connectivity index (χ0v) is 13.9. The monoisotopic (exact) mass is 316 g/mol. The average Bonchev–Trinajstić information content (AvgIpc) is 2.47. The van der Waals surface area contributed by atoms with Crippen LogP contribution >= 0.6 is 0 Å². The van der Waals surface area contributed by atoms with E-state index in [0.717, 1.165) is 25.7 Å². The van der Waals surface area contributed by atoms with E-state index in [-0.39, 0.29) is 6.09 Å². The van der Waals surface area contributed by atoms with Gasteiger partial charge >= 0.3 is 12.2 Å². The maximum atomic E-state index is 11.0. The number of hydrogen-bond acceptors (Lipinski definition) is 3. The summed E-state index contributed by atoms with van der Waals surface area (Å²) in [4.78, 5) is 21.2. The molecule has 0 aromatic heterocycles.